The van der Waals surface area contributed by atoms with Crippen molar-refractivity contribution in [1.29, 1.82) is 0 Å². The number of aliphatic hydroxyl groups excluding tert-OH is 3. The van der Waals surface area contributed by atoms with E-state index < -0.39 is 0 Å². The van der Waals surface area contributed by atoms with Crippen LogP contribution in [-0.2, 0) is 14.4 Å². The summed E-state index contributed by atoms with van der Waals surface area (Å²) in [5.41, 5.74) is 3.93. The van der Waals surface area contributed by atoms with Gasteiger partial charge in [0.25, 0.3) is 0 Å². The molecule has 0 aliphatic heterocycles. The van der Waals surface area contributed by atoms with E-state index in [4.69, 9.17) is 0 Å². The second-order valence-electron chi connectivity index (χ2n) is 10.7. The summed E-state index contributed by atoms with van der Waals surface area (Å²) in [4.78, 5) is 40.5. The number of pyridine rings is 2. The number of benzene rings is 4. The van der Waals surface area contributed by atoms with E-state index in [0.717, 1.165) is 21.8 Å². The van der Waals surface area contributed by atoms with E-state index in [1.807, 2.05) is 30.3 Å². The molecule has 6 aromatic rings. The van der Waals surface area contributed by atoms with E-state index in [9.17, 15) is 29.7 Å². The fourth-order valence-electron chi connectivity index (χ4n) is 4.33. The molecule has 0 aliphatic rings. The summed E-state index contributed by atoms with van der Waals surface area (Å²) in [6.07, 6.45) is 7.22. The van der Waals surface area contributed by atoms with Crippen molar-refractivity contribution in [2.24, 2.45) is 0 Å². The SMILES string of the molecule is CC(=O)/C=C(\O)c1ccccc1.CC(=O)/C=C(\O)c1ccccc1.CC(=O)/C=C(\O)c1ccccc1.[Eu].c1cnc2c(c1)ccc1cccnc12. The molecule has 1 radical (unpaired) electrons. The Morgan fingerprint density at radius 3 is 0.961 bits per heavy atom. The number of hydrogen-bond donors (Lipinski definition) is 3. The molecule has 0 saturated heterocycles. The summed E-state index contributed by atoms with van der Waals surface area (Å²) in [6.45, 7) is 4.21. The number of carbonyl (C=O) groups is 3. The van der Waals surface area contributed by atoms with E-state index in [1.54, 1.807) is 85.2 Å². The maximum absolute atomic E-state index is 10.6. The van der Waals surface area contributed by atoms with Gasteiger partial charge in [-0.25, -0.2) is 0 Å². The molecule has 0 unspecified atom stereocenters. The molecule has 6 rings (SSSR count). The first-order valence-electron chi connectivity index (χ1n) is 15.5. The molecule has 0 saturated carbocycles. The minimum atomic E-state index is -0.156. The minimum Gasteiger partial charge on any atom is -0.507 e. The Balaban J connectivity index is 0.000000235. The third-order valence-electron chi connectivity index (χ3n) is 6.57. The summed E-state index contributed by atoms with van der Waals surface area (Å²) in [6, 6.07) is 39.0. The first-order chi connectivity index (χ1) is 24.0. The van der Waals surface area contributed by atoms with E-state index in [2.05, 4.69) is 34.2 Å². The molecule has 0 atom stereocenters. The van der Waals surface area contributed by atoms with E-state index in [1.165, 1.54) is 39.0 Å². The largest absolute Gasteiger partial charge is 0.507 e. The minimum absolute atomic E-state index is 0. The molecule has 4 aromatic carbocycles. The van der Waals surface area contributed by atoms with Gasteiger partial charge in [0.2, 0.25) is 0 Å². The standard InChI is InChI=1S/C12H8N2.3C10H10O2.Eu/c1-3-9-5-6-10-4-2-8-14-12(10)11(9)13-7-1;3*1-8(11)7-10(12)9-5-3-2-4-6-9;/h1-8H;3*2-7,12H,1H3;/b;3*10-7-;. The van der Waals surface area contributed by atoms with Gasteiger partial charge in [0.05, 0.1) is 11.0 Å². The number of rotatable bonds is 6. The normalized spacial score (nSPS) is 10.9. The van der Waals surface area contributed by atoms with Crippen LogP contribution in [0, 0.1) is 49.4 Å². The van der Waals surface area contributed by atoms with Crippen molar-refractivity contribution >= 4 is 56.4 Å². The third-order valence-corrected chi connectivity index (χ3v) is 6.57. The predicted molar refractivity (Wildman–Crippen MR) is 200 cm³/mol. The van der Waals surface area contributed by atoms with Crippen LogP contribution in [0.4, 0.5) is 0 Å². The number of allylic oxidation sites excluding steroid dienone is 3. The van der Waals surface area contributed by atoms with E-state index in [-0.39, 0.29) is 84.0 Å². The molecule has 2 heterocycles. The van der Waals surface area contributed by atoms with Crippen molar-refractivity contribution in [2.75, 3.05) is 0 Å². The van der Waals surface area contributed by atoms with Gasteiger partial charge in [-0.3, -0.25) is 24.4 Å². The van der Waals surface area contributed by atoms with Gasteiger partial charge in [-0.15, -0.1) is 0 Å². The monoisotopic (exact) mass is 819 g/mol. The molecule has 9 heteroatoms. The van der Waals surface area contributed by atoms with Gasteiger partial charge in [-0.2, -0.15) is 0 Å². The molecule has 3 N–H and O–H groups in total. The topological polar surface area (TPSA) is 138 Å². The average molecular weight is 819 g/mol. The Morgan fingerprint density at radius 2 is 0.706 bits per heavy atom. The van der Waals surface area contributed by atoms with Crippen molar-refractivity contribution in [3.63, 3.8) is 0 Å². The van der Waals surface area contributed by atoms with Gasteiger partial charge < -0.3 is 15.3 Å². The van der Waals surface area contributed by atoms with Gasteiger partial charge in [0, 0.05) is 107 Å². The van der Waals surface area contributed by atoms with Crippen LogP contribution in [0.3, 0.4) is 0 Å². The summed E-state index contributed by atoms with van der Waals surface area (Å²) >= 11 is 0. The van der Waals surface area contributed by atoms with Gasteiger partial charge in [-0.05, 0) is 32.9 Å². The molecule has 8 nitrogen and oxygen atoms in total. The average Bonchev–Trinajstić information content (AvgIpc) is 3.13. The van der Waals surface area contributed by atoms with Gasteiger partial charge >= 0.3 is 0 Å². The maximum atomic E-state index is 10.6. The zero-order chi connectivity index (χ0) is 36.3. The van der Waals surface area contributed by atoms with Gasteiger partial charge in [0.15, 0.2) is 17.3 Å². The molecular formula is C42H38EuN2O6. The second kappa shape index (κ2) is 22.6. The number of aliphatic hydroxyl groups is 3. The quantitative estimate of drug-likeness (QED) is 0.0860. The van der Waals surface area contributed by atoms with Crippen molar-refractivity contribution in [1.82, 2.24) is 9.97 Å². The van der Waals surface area contributed by atoms with Crippen molar-refractivity contribution in [3.8, 4) is 0 Å². The molecule has 51 heavy (non-hydrogen) atoms. The van der Waals surface area contributed by atoms with E-state index >= 15 is 0 Å². The molecule has 0 spiro atoms. The van der Waals surface area contributed by atoms with Crippen LogP contribution in [0.25, 0.3) is 39.1 Å². The number of hydrogen-bond acceptors (Lipinski definition) is 8. The predicted octanol–water partition coefficient (Wildman–Crippen LogP) is 9.31. The Labute approximate surface area is 338 Å². The molecule has 0 aliphatic carbocycles. The smallest absolute Gasteiger partial charge is 0.156 e. The first-order valence-corrected chi connectivity index (χ1v) is 15.5. The Hall–Kier alpha value is -5.09. The zero-order valence-corrected chi connectivity index (χ0v) is 30.8. The Morgan fingerprint density at radius 1 is 0.431 bits per heavy atom. The van der Waals surface area contributed by atoms with Crippen molar-refractivity contribution in [2.45, 2.75) is 20.8 Å². The second-order valence-corrected chi connectivity index (χ2v) is 10.7. The van der Waals surface area contributed by atoms with Gasteiger partial charge in [0.1, 0.15) is 17.3 Å². The Kier molecular flexibility index (Phi) is 18.6. The van der Waals surface area contributed by atoms with Gasteiger partial charge in [-0.1, -0.05) is 115 Å². The molecule has 2 aromatic heterocycles. The molecular weight excluding hydrogens is 780 g/mol. The van der Waals surface area contributed by atoms with Crippen LogP contribution in [0.15, 0.2) is 158 Å². The zero-order valence-electron chi connectivity index (χ0n) is 28.3. The van der Waals surface area contributed by atoms with Crippen molar-refractivity contribution < 1.29 is 79.1 Å². The number of ketones is 3. The summed E-state index contributed by atoms with van der Waals surface area (Å²) < 4.78 is 0. The molecule has 0 amide bonds. The number of fused-ring (bicyclic) bond motifs is 3. The number of nitrogens with zero attached hydrogens (tertiary/aromatic N) is 2. The maximum Gasteiger partial charge on any atom is 0.156 e. The summed E-state index contributed by atoms with van der Waals surface area (Å²) in [5.74, 6) is -0.418. The number of aromatic nitrogens is 2. The Bertz CT molecular complexity index is 1900. The first kappa shape index (κ1) is 42.1. The molecule has 0 bridgehead atoms. The van der Waals surface area contributed by atoms with Crippen LogP contribution < -0.4 is 0 Å². The van der Waals surface area contributed by atoms with Crippen molar-refractivity contribution in [3.05, 3.63) is 175 Å². The third kappa shape index (κ3) is 15.1. The van der Waals surface area contributed by atoms with E-state index in [0.29, 0.717) is 16.7 Å². The number of carbonyl (C=O) groups excluding carboxylic acids is 3. The van der Waals surface area contributed by atoms with Crippen LogP contribution >= 0.6 is 0 Å². The molecule has 0 fully saturated rings. The summed E-state index contributed by atoms with van der Waals surface area (Å²) in [7, 11) is 0. The van der Waals surface area contributed by atoms with Crippen LogP contribution in [0.1, 0.15) is 37.5 Å². The fraction of sp³-hybridized carbons (Fsp3) is 0.0714. The van der Waals surface area contributed by atoms with Crippen LogP contribution in [0.2, 0.25) is 0 Å². The fourth-order valence-corrected chi connectivity index (χ4v) is 4.33. The van der Waals surface area contributed by atoms with Crippen LogP contribution in [0.5, 0.6) is 0 Å². The molecule has 259 valence electrons. The summed E-state index contributed by atoms with van der Waals surface area (Å²) in [5, 5.41) is 30.3. The van der Waals surface area contributed by atoms with Crippen LogP contribution in [-0.4, -0.2) is 42.6 Å².